The Hall–Kier alpha value is -0.240. The zero-order valence-electron chi connectivity index (χ0n) is 10.8. The van der Waals surface area contributed by atoms with E-state index in [-0.39, 0.29) is 11.0 Å². The van der Waals surface area contributed by atoms with Gasteiger partial charge in [-0.15, -0.1) is 0 Å². The van der Waals surface area contributed by atoms with Crippen LogP contribution in [0.15, 0.2) is 0 Å². The lowest BCUT2D eigenvalue weighted by Crippen LogP contribution is -2.49. The fraction of sp³-hybridized carbons (Fsp3) is 0.900. The Bertz CT molecular complexity index is 343. The molecule has 0 saturated heterocycles. The molecule has 0 bridgehead atoms. The van der Waals surface area contributed by atoms with Gasteiger partial charge in [-0.1, -0.05) is 26.1 Å². The summed E-state index contributed by atoms with van der Waals surface area (Å²) in [5.74, 6) is 0. The Labute approximate surface area is 109 Å². The predicted molar refractivity (Wildman–Crippen MR) is 73.5 cm³/mol. The Morgan fingerprint density at radius 1 is 1.47 bits per heavy atom. The first-order chi connectivity index (χ1) is 7.82. The number of hydrogen-bond donors (Lipinski definition) is 1. The zero-order chi connectivity index (χ0) is 13.6. The second-order valence-corrected chi connectivity index (χ2v) is 6.39. The standard InChI is InChI=1S/C10H22N2O3S2/c1-5-9(10(11)16)17(13,14)12(6-2)8(3)7-15-4/h8-9H,5-7H2,1-4H3,(H2,11,16). The van der Waals surface area contributed by atoms with Gasteiger partial charge in [0.2, 0.25) is 10.0 Å². The number of likely N-dealkylation sites (N-methyl/N-ethyl adjacent to an activating group) is 1. The molecular formula is C10H22N2O3S2. The van der Waals surface area contributed by atoms with E-state index in [1.54, 1.807) is 27.9 Å². The highest BCUT2D eigenvalue weighted by molar-refractivity contribution is 7.92. The van der Waals surface area contributed by atoms with Gasteiger partial charge >= 0.3 is 0 Å². The van der Waals surface area contributed by atoms with Crippen LogP contribution in [0.25, 0.3) is 0 Å². The van der Waals surface area contributed by atoms with Crippen molar-refractivity contribution in [1.29, 1.82) is 0 Å². The van der Waals surface area contributed by atoms with Gasteiger partial charge < -0.3 is 10.5 Å². The summed E-state index contributed by atoms with van der Waals surface area (Å²) in [6.45, 7) is 6.08. The third-order valence-corrected chi connectivity index (χ3v) is 5.60. The molecule has 0 fully saturated rings. The topological polar surface area (TPSA) is 72.6 Å². The molecule has 102 valence electrons. The molecule has 0 saturated carbocycles. The molecule has 0 aromatic rings. The molecule has 5 nitrogen and oxygen atoms in total. The molecule has 0 aliphatic heterocycles. The van der Waals surface area contributed by atoms with E-state index in [0.717, 1.165) is 0 Å². The minimum atomic E-state index is -3.50. The number of ether oxygens (including phenoxy) is 1. The maximum absolute atomic E-state index is 12.4. The lowest BCUT2D eigenvalue weighted by atomic mass is 10.3. The molecular weight excluding hydrogens is 260 g/mol. The first-order valence-electron chi connectivity index (χ1n) is 5.61. The smallest absolute Gasteiger partial charge is 0.223 e. The van der Waals surface area contributed by atoms with E-state index >= 15 is 0 Å². The van der Waals surface area contributed by atoms with E-state index in [4.69, 9.17) is 22.7 Å². The number of rotatable bonds is 8. The minimum absolute atomic E-state index is 0.0237. The lowest BCUT2D eigenvalue weighted by molar-refractivity contribution is 0.142. The minimum Gasteiger partial charge on any atom is -0.392 e. The number of thiocarbonyl (C=S) groups is 1. The van der Waals surface area contributed by atoms with Crippen molar-refractivity contribution in [3.8, 4) is 0 Å². The van der Waals surface area contributed by atoms with Gasteiger partial charge in [0.1, 0.15) is 5.25 Å². The van der Waals surface area contributed by atoms with Crippen molar-refractivity contribution < 1.29 is 13.2 Å². The average Bonchev–Trinajstić information content (AvgIpc) is 2.17. The van der Waals surface area contributed by atoms with E-state index in [1.807, 2.05) is 0 Å². The largest absolute Gasteiger partial charge is 0.392 e. The van der Waals surface area contributed by atoms with E-state index in [2.05, 4.69) is 0 Å². The van der Waals surface area contributed by atoms with Gasteiger partial charge in [-0.2, -0.15) is 4.31 Å². The summed E-state index contributed by atoms with van der Waals surface area (Å²) in [6, 6.07) is -0.224. The Morgan fingerprint density at radius 2 is 2.00 bits per heavy atom. The van der Waals surface area contributed by atoms with Crippen LogP contribution in [-0.4, -0.2) is 49.3 Å². The fourth-order valence-electron chi connectivity index (χ4n) is 1.79. The van der Waals surface area contributed by atoms with Gasteiger partial charge in [-0.3, -0.25) is 0 Å². The van der Waals surface area contributed by atoms with Crippen molar-refractivity contribution in [3.05, 3.63) is 0 Å². The number of nitrogens with two attached hydrogens (primary N) is 1. The molecule has 2 unspecified atom stereocenters. The number of nitrogens with zero attached hydrogens (tertiary/aromatic N) is 1. The van der Waals surface area contributed by atoms with Crippen molar-refractivity contribution in [2.75, 3.05) is 20.3 Å². The SMILES string of the molecule is CCC(C(N)=S)S(=O)(=O)N(CC)C(C)COC. The van der Waals surface area contributed by atoms with E-state index in [9.17, 15) is 8.42 Å². The maximum Gasteiger partial charge on any atom is 0.223 e. The Morgan fingerprint density at radius 3 is 2.29 bits per heavy atom. The van der Waals surface area contributed by atoms with Crippen LogP contribution < -0.4 is 5.73 Å². The second-order valence-electron chi connectivity index (χ2n) is 3.85. The average molecular weight is 282 g/mol. The second kappa shape index (κ2) is 7.25. The van der Waals surface area contributed by atoms with Gasteiger partial charge in [-0.05, 0) is 13.3 Å². The molecule has 0 aliphatic carbocycles. The summed E-state index contributed by atoms with van der Waals surface area (Å²) in [4.78, 5) is 0.0237. The molecule has 2 N–H and O–H groups in total. The van der Waals surface area contributed by atoms with Gasteiger partial charge in [-0.25, -0.2) is 8.42 Å². The Kier molecular flexibility index (Phi) is 7.15. The highest BCUT2D eigenvalue weighted by Gasteiger charge is 2.34. The van der Waals surface area contributed by atoms with Gasteiger partial charge in [0.05, 0.1) is 11.6 Å². The van der Waals surface area contributed by atoms with Crippen molar-refractivity contribution >= 4 is 27.2 Å². The van der Waals surface area contributed by atoms with Crippen LogP contribution in [0.4, 0.5) is 0 Å². The van der Waals surface area contributed by atoms with Gasteiger partial charge in [0.15, 0.2) is 0 Å². The van der Waals surface area contributed by atoms with E-state index in [1.165, 1.54) is 4.31 Å². The van der Waals surface area contributed by atoms with Crippen LogP contribution in [0.2, 0.25) is 0 Å². The van der Waals surface area contributed by atoms with Gasteiger partial charge in [0, 0.05) is 19.7 Å². The third-order valence-electron chi connectivity index (χ3n) is 2.59. The highest BCUT2D eigenvalue weighted by atomic mass is 32.2. The fourth-order valence-corrected chi connectivity index (χ4v) is 4.28. The molecule has 0 radical (unpaired) electrons. The maximum atomic E-state index is 12.4. The third kappa shape index (κ3) is 4.17. The normalized spacial score (nSPS) is 15.8. The number of methoxy groups -OCH3 is 1. The number of sulfonamides is 1. The molecule has 0 aromatic heterocycles. The van der Waals surface area contributed by atoms with Crippen molar-refractivity contribution in [2.45, 2.75) is 38.5 Å². The molecule has 2 atom stereocenters. The monoisotopic (exact) mass is 282 g/mol. The molecule has 0 aromatic carbocycles. The molecule has 17 heavy (non-hydrogen) atoms. The quantitative estimate of drug-likeness (QED) is 0.665. The van der Waals surface area contributed by atoms with Crippen LogP contribution in [0.1, 0.15) is 27.2 Å². The molecule has 7 heteroatoms. The zero-order valence-corrected chi connectivity index (χ0v) is 12.5. The van der Waals surface area contributed by atoms with Crippen LogP contribution in [0.3, 0.4) is 0 Å². The summed E-state index contributed by atoms with van der Waals surface area (Å²) in [6.07, 6.45) is 0.383. The summed E-state index contributed by atoms with van der Waals surface area (Å²) >= 11 is 4.82. The number of hydrogen-bond acceptors (Lipinski definition) is 4. The van der Waals surface area contributed by atoms with Crippen molar-refractivity contribution in [3.63, 3.8) is 0 Å². The predicted octanol–water partition coefficient (Wildman–Crippen LogP) is 0.738. The highest BCUT2D eigenvalue weighted by Crippen LogP contribution is 2.16. The van der Waals surface area contributed by atoms with Crippen molar-refractivity contribution in [1.82, 2.24) is 4.31 Å². The summed E-state index contributed by atoms with van der Waals surface area (Å²) in [5.41, 5.74) is 5.49. The van der Waals surface area contributed by atoms with Crippen LogP contribution >= 0.6 is 12.2 Å². The first-order valence-corrected chi connectivity index (χ1v) is 7.52. The molecule has 0 heterocycles. The molecule has 0 rings (SSSR count). The van der Waals surface area contributed by atoms with Gasteiger partial charge in [0.25, 0.3) is 0 Å². The lowest BCUT2D eigenvalue weighted by Gasteiger charge is -2.30. The molecule has 0 amide bonds. The van der Waals surface area contributed by atoms with Crippen LogP contribution in [0.5, 0.6) is 0 Å². The summed E-state index contributed by atoms with van der Waals surface area (Å²) < 4.78 is 31.1. The first kappa shape index (κ1) is 16.8. The summed E-state index contributed by atoms with van der Waals surface area (Å²) in [5, 5.41) is -0.795. The van der Waals surface area contributed by atoms with Crippen molar-refractivity contribution in [2.24, 2.45) is 5.73 Å². The van der Waals surface area contributed by atoms with Crippen LogP contribution in [-0.2, 0) is 14.8 Å². The summed E-state index contributed by atoms with van der Waals surface area (Å²) in [7, 11) is -1.95. The van der Waals surface area contributed by atoms with Crippen LogP contribution in [0, 0.1) is 0 Å². The Balaban J connectivity index is 5.17. The van der Waals surface area contributed by atoms with E-state index in [0.29, 0.717) is 19.6 Å². The molecule has 0 aliphatic rings. The van der Waals surface area contributed by atoms with E-state index < -0.39 is 15.3 Å². The molecule has 0 spiro atoms.